The Kier molecular flexibility index (Phi) is 4.24. The molecule has 2 amide bonds. The van der Waals surface area contributed by atoms with Crippen LogP contribution >= 0.6 is 0 Å². The van der Waals surface area contributed by atoms with Gasteiger partial charge in [-0.2, -0.15) is 5.10 Å². The first-order valence-corrected chi connectivity index (χ1v) is 7.17. The van der Waals surface area contributed by atoms with Crippen LogP contribution in [0.1, 0.15) is 5.69 Å². The second-order valence-corrected chi connectivity index (χ2v) is 5.15. The van der Waals surface area contributed by atoms with E-state index in [2.05, 4.69) is 15.7 Å². The molecule has 0 aliphatic rings. The summed E-state index contributed by atoms with van der Waals surface area (Å²) in [6.07, 6.45) is 1.84. The Labute approximate surface area is 136 Å². The summed E-state index contributed by atoms with van der Waals surface area (Å²) in [4.78, 5) is 11.9. The Morgan fingerprint density at radius 2 is 1.79 bits per heavy atom. The summed E-state index contributed by atoms with van der Waals surface area (Å²) in [5.41, 5.74) is 2.18. The number of hydrogen-bond donors (Lipinski definition) is 2. The molecule has 0 bridgehead atoms. The Morgan fingerprint density at radius 1 is 1.04 bits per heavy atom. The number of halogens is 2. The van der Waals surface area contributed by atoms with Crippen molar-refractivity contribution in [3.05, 3.63) is 72.1 Å². The van der Waals surface area contributed by atoms with Crippen molar-refractivity contribution in [2.75, 3.05) is 10.6 Å². The van der Waals surface area contributed by atoms with Gasteiger partial charge in [0.25, 0.3) is 0 Å². The van der Waals surface area contributed by atoms with E-state index in [4.69, 9.17) is 0 Å². The van der Waals surface area contributed by atoms with Crippen LogP contribution < -0.4 is 10.6 Å². The number of urea groups is 1. The van der Waals surface area contributed by atoms with Crippen molar-refractivity contribution in [1.82, 2.24) is 9.78 Å². The lowest BCUT2D eigenvalue weighted by Crippen LogP contribution is -2.20. The van der Waals surface area contributed by atoms with E-state index >= 15 is 0 Å². The summed E-state index contributed by atoms with van der Waals surface area (Å²) >= 11 is 0. The third kappa shape index (κ3) is 3.57. The molecule has 0 saturated carbocycles. The number of nitrogens with zero attached hydrogens (tertiary/aromatic N) is 2. The van der Waals surface area contributed by atoms with Gasteiger partial charge in [0.2, 0.25) is 0 Å². The van der Waals surface area contributed by atoms with Gasteiger partial charge in [0.1, 0.15) is 11.6 Å². The first-order valence-electron chi connectivity index (χ1n) is 7.17. The van der Waals surface area contributed by atoms with Crippen LogP contribution in [0.5, 0.6) is 0 Å². The number of aromatic nitrogens is 2. The van der Waals surface area contributed by atoms with Crippen molar-refractivity contribution in [2.45, 2.75) is 6.92 Å². The summed E-state index contributed by atoms with van der Waals surface area (Å²) in [6.45, 7) is 1.89. The highest BCUT2D eigenvalue weighted by molar-refractivity contribution is 5.99. The van der Waals surface area contributed by atoms with Gasteiger partial charge in [-0.1, -0.05) is 0 Å². The van der Waals surface area contributed by atoms with Crippen molar-refractivity contribution >= 4 is 17.4 Å². The highest BCUT2D eigenvalue weighted by Crippen LogP contribution is 2.17. The van der Waals surface area contributed by atoms with Crippen LogP contribution in [-0.2, 0) is 0 Å². The minimum atomic E-state index is -0.838. The molecule has 5 nitrogen and oxygen atoms in total. The molecule has 3 aromatic rings. The van der Waals surface area contributed by atoms with Gasteiger partial charge in [-0.25, -0.2) is 18.3 Å². The number of carbonyl (C=O) groups excluding carboxylic acids is 1. The number of hydrogen-bond acceptors (Lipinski definition) is 2. The van der Waals surface area contributed by atoms with E-state index in [1.54, 1.807) is 28.9 Å². The molecule has 122 valence electrons. The standard InChI is InChI=1S/C17H14F2N4O/c1-11-8-9-23(22-11)14-5-3-13(4-6-14)20-17(24)21-16-7-2-12(18)10-15(16)19/h2-10H,1H3,(H2,20,21,24). The summed E-state index contributed by atoms with van der Waals surface area (Å²) in [5, 5.41) is 9.19. The van der Waals surface area contributed by atoms with Crippen LogP contribution in [0.3, 0.4) is 0 Å². The molecule has 0 atom stereocenters. The Bertz CT molecular complexity index is 875. The molecule has 0 spiro atoms. The van der Waals surface area contributed by atoms with E-state index in [0.717, 1.165) is 23.5 Å². The maximum Gasteiger partial charge on any atom is 0.323 e. The lowest BCUT2D eigenvalue weighted by atomic mass is 10.3. The van der Waals surface area contributed by atoms with Gasteiger partial charge in [-0.3, -0.25) is 0 Å². The molecule has 1 heterocycles. The maximum absolute atomic E-state index is 13.5. The fourth-order valence-corrected chi connectivity index (χ4v) is 2.13. The molecule has 3 rings (SSSR count). The SMILES string of the molecule is Cc1ccn(-c2ccc(NC(=O)Nc3ccc(F)cc3F)cc2)n1. The Morgan fingerprint density at radius 3 is 2.42 bits per heavy atom. The van der Waals surface area contributed by atoms with E-state index in [1.165, 1.54) is 0 Å². The van der Waals surface area contributed by atoms with Crippen molar-refractivity contribution in [2.24, 2.45) is 0 Å². The highest BCUT2D eigenvalue weighted by atomic mass is 19.1. The normalized spacial score (nSPS) is 10.5. The molecule has 0 saturated heterocycles. The molecule has 0 fully saturated rings. The van der Waals surface area contributed by atoms with Gasteiger partial charge in [0.05, 0.1) is 17.1 Å². The summed E-state index contributed by atoms with van der Waals surface area (Å²) in [7, 11) is 0. The summed E-state index contributed by atoms with van der Waals surface area (Å²) in [6, 6.07) is 11.2. The number of rotatable bonds is 3. The van der Waals surface area contributed by atoms with Crippen LogP contribution in [0.2, 0.25) is 0 Å². The average molecular weight is 328 g/mol. The lowest BCUT2D eigenvalue weighted by Gasteiger charge is -2.09. The number of amides is 2. The molecular formula is C17H14F2N4O. The first kappa shape index (κ1) is 15.7. The number of carbonyl (C=O) groups is 1. The number of benzene rings is 2. The van der Waals surface area contributed by atoms with Gasteiger partial charge in [-0.05, 0) is 49.4 Å². The van der Waals surface area contributed by atoms with E-state index in [1.807, 2.05) is 19.2 Å². The van der Waals surface area contributed by atoms with Gasteiger partial charge in [0, 0.05) is 18.0 Å². The molecule has 2 N–H and O–H groups in total. The number of anilines is 2. The van der Waals surface area contributed by atoms with Crippen molar-refractivity contribution in [3.63, 3.8) is 0 Å². The first-order chi connectivity index (χ1) is 11.5. The average Bonchev–Trinajstić information content (AvgIpc) is 2.97. The van der Waals surface area contributed by atoms with Crippen LogP contribution in [0.15, 0.2) is 54.7 Å². The van der Waals surface area contributed by atoms with E-state index < -0.39 is 17.7 Å². The highest BCUT2D eigenvalue weighted by Gasteiger charge is 2.08. The molecule has 0 aliphatic heterocycles. The fraction of sp³-hybridized carbons (Fsp3) is 0.0588. The molecule has 0 radical (unpaired) electrons. The number of nitrogens with one attached hydrogen (secondary N) is 2. The fourth-order valence-electron chi connectivity index (χ4n) is 2.13. The van der Waals surface area contributed by atoms with Gasteiger partial charge in [0.15, 0.2) is 0 Å². The predicted molar refractivity (Wildman–Crippen MR) is 87.3 cm³/mol. The molecule has 2 aromatic carbocycles. The zero-order valence-corrected chi connectivity index (χ0v) is 12.8. The van der Waals surface area contributed by atoms with Gasteiger partial charge >= 0.3 is 6.03 Å². The monoisotopic (exact) mass is 328 g/mol. The summed E-state index contributed by atoms with van der Waals surface area (Å²) in [5.74, 6) is -1.54. The topological polar surface area (TPSA) is 59.0 Å². The largest absolute Gasteiger partial charge is 0.323 e. The zero-order valence-electron chi connectivity index (χ0n) is 12.8. The van der Waals surface area contributed by atoms with Crippen molar-refractivity contribution in [3.8, 4) is 5.69 Å². The van der Waals surface area contributed by atoms with Gasteiger partial charge < -0.3 is 10.6 Å². The predicted octanol–water partition coefficient (Wildman–Crippen LogP) is 4.10. The third-order valence-electron chi connectivity index (χ3n) is 3.29. The molecule has 24 heavy (non-hydrogen) atoms. The van der Waals surface area contributed by atoms with Crippen molar-refractivity contribution in [1.29, 1.82) is 0 Å². The Balaban J connectivity index is 1.66. The van der Waals surface area contributed by atoms with E-state index in [9.17, 15) is 13.6 Å². The molecule has 1 aromatic heterocycles. The third-order valence-corrected chi connectivity index (χ3v) is 3.29. The second-order valence-electron chi connectivity index (χ2n) is 5.15. The van der Waals surface area contributed by atoms with Crippen molar-refractivity contribution < 1.29 is 13.6 Å². The minimum absolute atomic E-state index is 0.0995. The molecular weight excluding hydrogens is 314 g/mol. The Hall–Kier alpha value is -3.22. The number of aryl methyl sites for hydroxylation is 1. The zero-order chi connectivity index (χ0) is 17.1. The van der Waals surface area contributed by atoms with E-state index in [0.29, 0.717) is 11.8 Å². The van der Waals surface area contributed by atoms with E-state index in [-0.39, 0.29) is 5.69 Å². The molecule has 7 heteroatoms. The molecule has 0 aliphatic carbocycles. The minimum Gasteiger partial charge on any atom is -0.308 e. The smallest absolute Gasteiger partial charge is 0.308 e. The van der Waals surface area contributed by atoms with Crippen LogP contribution in [0, 0.1) is 18.6 Å². The van der Waals surface area contributed by atoms with Crippen LogP contribution in [-0.4, -0.2) is 15.8 Å². The maximum atomic E-state index is 13.5. The second kappa shape index (κ2) is 6.49. The quantitative estimate of drug-likeness (QED) is 0.760. The molecule has 0 unspecified atom stereocenters. The van der Waals surface area contributed by atoms with Crippen LogP contribution in [0.25, 0.3) is 5.69 Å². The lowest BCUT2D eigenvalue weighted by molar-refractivity contribution is 0.262. The summed E-state index contributed by atoms with van der Waals surface area (Å²) < 4.78 is 28.1. The van der Waals surface area contributed by atoms with Gasteiger partial charge in [-0.15, -0.1) is 0 Å². The van der Waals surface area contributed by atoms with Crippen LogP contribution in [0.4, 0.5) is 25.0 Å².